The zero-order chi connectivity index (χ0) is 19.6. The fourth-order valence-corrected chi connectivity index (χ4v) is 3.33. The van der Waals surface area contributed by atoms with Crippen molar-refractivity contribution in [2.75, 3.05) is 39.1 Å². The maximum Gasteiger partial charge on any atom is 0.239 e. The van der Waals surface area contributed by atoms with Crippen molar-refractivity contribution in [2.24, 2.45) is 0 Å². The summed E-state index contributed by atoms with van der Waals surface area (Å²) in [6, 6.07) is 3.68. The normalized spacial score (nSPS) is 14.8. The first-order valence-corrected chi connectivity index (χ1v) is 9.38. The van der Waals surface area contributed by atoms with Crippen LogP contribution in [-0.4, -0.2) is 70.9 Å². The summed E-state index contributed by atoms with van der Waals surface area (Å²) in [5, 5.41) is 0. The fourth-order valence-electron chi connectivity index (χ4n) is 3.33. The minimum atomic E-state index is -0.133. The van der Waals surface area contributed by atoms with E-state index in [0.29, 0.717) is 18.9 Å². The van der Waals surface area contributed by atoms with Gasteiger partial charge in [0.15, 0.2) is 5.82 Å². The number of rotatable bonds is 5. The molecule has 7 heteroatoms. The van der Waals surface area contributed by atoms with Crippen LogP contribution in [0.1, 0.15) is 25.1 Å². The Labute approximate surface area is 161 Å². The van der Waals surface area contributed by atoms with Crippen LogP contribution in [0.15, 0.2) is 24.5 Å². The van der Waals surface area contributed by atoms with E-state index in [2.05, 4.69) is 16.8 Å². The SMILES string of the molecule is CCN(C)[C@@H](C)C(=O)N1CCc2c(nc(-c3ccncc3)nc2N(C)C)C1. The topological polar surface area (TPSA) is 65.5 Å². The first kappa shape index (κ1) is 19.2. The summed E-state index contributed by atoms with van der Waals surface area (Å²) >= 11 is 0. The minimum Gasteiger partial charge on any atom is -0.362 e. The lowest BCUT2D eigenvalue weighted by molar-refractivity contribution is -0.136. The van der Waals surface area contributed by atoms with Crippen LogP contribution in [0.3, 0.4) is 0 Å². The van der Waals surface area contributed by atoms with E-state index in [1.165, 1.54) is 0 Å². The number of pyridine rings is 1. The van der Waals surface area contributed by atoms with Crippen LogP contribution in [0.5, 0.6) is 0 Å². The number of fused-ring (bicyclic) bond motifs is 1. The molecule has 1 atom stereocenters. The molecular weight excluding hydrogens is 340 g/mol. The standard InChI is InChI=1S/C20H28N6O/c1-6-25(5)14(2)20(27)26-12-9-16-17(13-26)22-18(23-19(16)24(3)4)15-7-10-21-11-8-15/h7-8,10-11,14H,6,9,12-13H2,1-5H3/t14-/m0/s1. The number of hydrogen-bond donors (Lipinski definition) is 0. The molecule has 3 heterocycles. The zero-order valence-electron chi connectivity index (χ0n) is 16.8. The molecule has 0 aliphatic carbocycles. The van der Waals surface area contributed by atoms with Gasteiger partial charge in [0.2, 0.25) is 5.91 Å². The molecule has 1 amide bonds. The van der Waals surface area contributed by atoms with Crippen molar-refractivity contribution < 1.29 is 4.79 Å². The number of amides is 1. The Kier molecular flexibility index (Phi) is 5.70. The highest BCUT2D eigenvalue weighted by Crippen LogP contribution is 2.28. The summed E-state index contributed by atoms with van der Waals surface area (Å²) in [4.78, 5) is 32.6. The number of carbonyl (C=O) groups is 1. The smallest absolute Gasteiger partial charge is 0.239 e. The Balaban J connectivity index is 1.95. The number of aromatic nitrogens is 3. The molecule has 0 spiro atoms. The van der Waals surface area contributed by atoms with Gasteiger partial charge in [0.25, 0.3) is 0 Å². The predicted octanol–water partition coefficient (Wildman–Crippen LogP) is 1.83. The molecule has 0 saturated carbocycles. The van der Waals surface area contributed by atoms with Gasteiger partial charge in [-0.05, 0) is 39.1 Å². The van der Waals surface area contributed by atoms with Crippen molar-refractivity contribution in [3.05, 3.63) is 35.8 Å². The van der Waals surface area contributed by atoms with E-state index in [1.54, 1.807) is 12.4 Å². The van der Waals surface area contributed by atoms with Crippen molar-refractivity contribution in [3.63, 3.8) is 0 Å². The van der Waals surface area contributed by atoms with E-state index in [9.17, 15) is 4.79 Å². The second-order valence-corrected chi connectivity index (χ2v) is 7.19. The van der Waals surface area contributed by atoms with Gasteiger partial charge in [0.05, 0.1) is 18.3 Å². The fraction of sp³-hybridized carbons (Fsp3) is 0.500. The summed E-state index contributed by atoms with van der Waals surface area (Å²) < 4.78 is 0. The highest BCUT2D eigenvalue weighted by Gasteiger charge is 2.29. The summed E-state index contributed by atoms with van der Waals surface area (Å²) in [5.74, 6) is 1.76. The van der Waals surface area contributed by atoms with Gasteiger partial charge in [-0.1, -0.05) is 6.92 Å². The molecule has 2 aromatic rings. The molecule has 0 saturated heterocycles. The van der Waals surface area contributed by atoms with Crippen LogP contribution in [-0.2, 0) is 17.8 Å². The Morgan fingerprint density at radius 2 is 1.93 bits per heavy atom. The van der Waals surface area contributed by atoms with E-state index in [4.69, 9.17) is 9.97 Å². The van der Waals surface area contributed by atoms with Crippen molar-refractivity contribution in [1.82, 2.24) is 24.8 Å². The molecule has 3 rings (SSSR count). The minimum absolute atomic E-state index is 0.133. The van der Waals surface area contributed by atoms with Crippen LogP contribution in [0.4, 0.5) is 5.82 Å². The van der Waals surface area contributed by atoms with Gasteiger partial charge < -0.3 is 9.80 Å². The maximum absolute atomic E-state index is 12.9. The predicted molar refractivity (Wildman–Crippen MR) is 106 cm³/mol. The van der Waals surface area contributed by atoms with Gasteiger partial charge in [-0.3, -0.25) is 14.7 Å². The average molecular weight is 368 g/mol. The van der Waals surface area contributed by atoms with Crippen LogP contribution < -0.4 is 4.90 Å². The molecule has 27 heavy (non-hydrogen) atoms. The van der Waals surface area contributed by atoms with Crippen LogP contribution in [0.25, 0.3) is 11.4 Å². The third-order valence-corrected chi connectivity index (χ3v) is 5.23. The number of carbonyl (C=O) groups excluding carboxylic acids is 1. The molecule has 144 valence electrons. The van der Waals surface area contributed by atoms with E-state index >= 15 is 0 Å². The van der Waals surface area contributed by atoms with Gasteiger partial charge in [-0.15, -0.1) is 0 Å². The number of nitrogens with zero attached hydrogens (tertiary/aromatic N) is 6. The molecule has 7 nitrogen and oxygen atoms in total. The molecule has 0 unspecified atom stereocenters. The van der Waals surface area contributed by atoms with Crippen molar-refractivity contribution in [3.8, 4) is 11.4 Å². The second kappa shape index (κ2) is 8.00. The monoisotopic (exact) mass is 368 g/mol. The quantitative estimate of drug-likeness (QED) is 0.802. The molecular formula is C20H28N6O. The summed E-state index contributed by atoms with van der Waals surface area (Å²) in [6.07, 6.45) is 4.25. The van der Waals surface area contributed by atoms with E-state index in [-0.39, 0.29) is 11.9 Å². The van der Waals surface area contributed by atoms with Crippen LogP contribution in [0, 0.1) is 0 Å². The Morgan fingerprint density at radius 1 is 1.22 bits per heavy atom. The third-order valence-electron chi connectivity index (χ3n) is 5.23. The highest BCUT2D eigenvalue weighted by molar-refractivity contribution is 5.82. The lowest BCUT2D eigenvalue weighted by Crippen LogP contribution is -2.47. The third kappa shape index (κ3) is 3.93. The number of hydrogen-bond acceptors (Lipinski definition) is 6. The van der Waals surface area contributed by atoms with E-state index < -0.39 is 0 Å². The van der Waals surface area contributed by atoms with Gasteiger partial charge in [-0.25, -0.2) is 9.97 Å². The molecule has 0 aromatic carbocycles. The second-order valence-electron chi connectivity index (χ2n) is 7.19. The van der Waals surface area contributed by atoms with Gasteiger partial charge >= 0.3 is 0 Å². The van der Waals surface area contributed by atoms with Gasteiger partial charge in [0, 0.05) is 44.2 Å². The molecule has 0 fully saturated rings. The Morgan fingerprint density at radius 3 is 2.56 bits per heavy atom. The molecule has 0 radical (unpaired) electrons. The molecule has 1 aliphatic rings. The molecule has 2 aromatic heterocycles. The van der Waals surface area contributed by atoms with E-state index in [1.807, 2.05) is 50.0 Å². The summed E-state index contributed by atoms with van der Waals surface area (Å²) in [6.45, 7) is 6.10. The lowest BCUT2D eigenvalue weighted by Gasteiger charge is -2.34. The molecule has 1 aliphatic heterocycles. The van der Waals surface area contributed by atoms with Crippen molar-refractivity contribution in [1.29, 1.82) is 0 Å². The maximum atomic E-state index is 12.9. The number of anilines is 1. The molecule has 0 bridgehead atoms. The van der Waals surface area contributed by atoms with Gasteiger partial charge in [0.1, 0.15) is 5.82 Å². The Bertz CT molecular complexity index is 808. The first-order valence-electron chi connectivity index (χ1n) is 9.38. The van der Waals surface area contributed by atoms with Gasteiger partial charge in [-0.2, -0.15) is 0 Å². The van der Waals surface area contributed by atoms with Crippen molar-refractivity contribution >= 4 is 11.7 Å². The van der Waals surface area contributed by atoms with Crippen molar-refractivity contribution in [2.45, 2.75) is 32.9 Å². The number of likely N-dealkylation sites (N-methyl/N-ethyl adjacent to an activating group) is 1. The van der Waals surface area contributed by atoms with Crippen LogP contribution >= 0.6 is 0 Å². The molecule has 0 N–H and O–H groups in total. The summed E-state index contributed by atoms with van der Waals surface area (Å²) in [7, 11) is 5.97. The van der Waals surface area contributed by atoms with E-state index in [0.717, 1.165) is 35.6 Å². The summed E-state index contributed by atoms with van der Waals surface area (Å²) in [5.41, 5.74) is 3.00. The lowest BCUT2D eigenvalue weighted by atomic mass is 10.0. The first-order chi connectivity index (χ1) is 12.9. The average Bonchev–Trinajstić information content (AvgIpc) is 2.71. The Hall–Kier alpha value is -2.54. The largest absolute Gasteiger partial charge is 0.362 e. The highest BCUT2D eigenvalue weighted by atomic mass is 16.2. The zero-order valence-corrected chi connectivity index (χ0v) is 16.8. The van der Waals surface area contributed by atoms with Crippen LogP contribution in [0.2, 0.25) is 0 Å².